The molecule has 0 aliphatic rings. The van der Waals surface area contributed by atoms with Crippen molar-refractivity contribution in [1.82, 2.24) is 5.32 Å². The van der Waals surface area contributed by atoms with Gasteiger partial charge in [-0.2, -0.15) is 8.78 Å². The maximum absolute atomic E-state index is 13.2. The van der Waals surface area contributed by atoms with Gasteiger partial charge in [-0.15, -0.1) is 0 Å². The molecule has 0 heterocycles. The third-order valence-corrected chi connectivity index (χ3v) is 2.09. The molecule has 0 radical (unpaired) electrons. The summed E-state index contributed by atoms with van der Waals surface area (Å²) in [6.07, 6.45) is 0. The number of alkyl halides is 2. The largest absolute Gasteiger partial charge is 0.462 e. The number of esters is 1. The summed E-state index contributed by atoms with van der Waals surface area (Å²) in [5.41, 5.74) is 0.882. The molecule has 1 aromatic rings. The fourth-order valence-electron chi connectivity index (χ4n) is 1.27. The summed E-state index contributed by atoms with van der Waals surface area (Å²) in [6, 6.07) is 9.11. The van der Waals surface area contributed by atoms with Crippen LogP contribution in [0.2, 0.25) is 0 Å². The number of benzene rings is 1. The average Bonchev–Trinajstić information content (AvgIpc) is 2.52. The minimum absolute atomic E-state index is 0.0485. The van der Waals surface area contributed by atoms with Crippen molar-refractivity contribution >= 4 is 5.97 Å². The van der Waals surface area contributed by atoms with Crippen LogP contribution in [-0.2, 0) is 16.1 Å². The summed E-state index contributed by atoms with van der Waals surface area (Å²) in [4.78, 5) is 10.9. The molecule has 0 atom stereocenters. The van der Waals surface area contributed by atoms with E-state index in [1.54, 1.807) is 0 Å². The molecule has 0 unspecified atom stereocenters. The molecule has 0 amide bonds. The molecule has 1 aromatic carbocycles. The monoisotopic (exact) mass is 303 g/mol. The number of carbonyl (C=O) groups is 1. The summed E-state index contributed by atoms with van der Waals surface area (Å²) in [7, 11) is 0. The van der Waals surface area contributed by atoms with Gasteiger partial charge in [-0.05, 0) is 12.5 Å². The van der Waals surface area contributed by atoms with Crippen molar-refractivity contribution < 1.29 is 18.3 Å². The molecule has 21 heavy (non-hydrogen) atoms. The molecule has 0 spiro atoms. The molecule has 5 heteroatoms. The van der Waals surface area contributed by atoms with Crippen molar-refractivity contribution in [1.29, 1.82) is 0 Å². The van der Waals surface area contributed by atoms with Crippen molar-refractivity contribution in [3.63, 3.8) is 0 Å². The maximum atomic E-state index is 13.2. The number of hydrogen-bond donors (Lipinski definition) is 1. The molecule has 0 fully saturated rings. The Balaban J connectivity index is 0. The van der Waals surface area contributed by atoms with Crippen LogP contribution in [0.4, 0.5) is 8.78 Å². The zero-order chi connectivity index (χ0) is 16.7. The molecule has 0 aliphatic heterocycles. The van der Waals surface area contributed by atoms with Crippen LogP contribution in [0.5, 0.6) is 0 Å². The second kappa shape index (κ2) is 13.5. The van der Waals surface area contributed by atoms with Crippen molar-refractivity contribution in [3.05, 3.63) is 35.9 Å². The number of nitrogens with one attached hydrogen (secondary N) is 1. The van der Waals surface area contributed by atoms with E-state index >= 15 is 0 Å². The Morgan fingerprint density at radius 2 is 1.67 bits per heavy atom. The predicted octanol–water partition coefficient (Wildman–Crippen LogP) is 4.03. The van der Waals surface area contributed by atoms with Gasteiger partial charge in [0, 0.05) is 6.54 Å². The first kappa shape index (κ1) is 21.8. The van der Waals surface area contributed by atoms with Crippen LogP contribution in [0.3, 0.4) is 0 Å². The molecule has 0 saturated carbocycles. The van der Waals surface area contributed by atoms with Gasteiger partial charge in [0.15, 0.2) is 0 Å². The second-order valence-electron chi connectivity index (χ2n) is 3.51. The smallest absolute Gasteiger partial charge is 0.378 e. The lowest BCUT2D eigenvalue weighted by Gasteiger charge is -2.15. The number of carbonyl (C=O) groups excluding carboxylic acids is 1. The Morgan fingerprint density at radius 1 is 1.14 bits per heavy atom. The highest BCUT2D eigenvalue weighted by Gasteiger charge is 2.39. The van der Waals surface area contributed by atoms with Crippen LogP contribution in [0.15, 0.2) is 30.3 Å². The van der Waals surface area contributed by atoms with Gasteiger partial charge in [-0.1, -0.05) is 58.0 Å². The van der Waals surface area contributed by atoms with Crippen LogP contribution >= 0.6 is 0 Å². The lowest BCUT2D eigenvalue weighted by atomic mass is 10.2. The minimum Gasteiger partial charge on any atom is -0.462 e. The molecule has 0 saturated heterocycles. The molecule has 1 N–H and O–H groups in total. The summed E-state index contributed by atoms with van der Waals surface area (Å²) in [5, 5.41) is 2.53. The number of rotatable bonds is 6. The van der Waals surface area contributed by atoms with E-state index in [1.807, 2.05) is 58.0 Å². The van der Waals surface area contributed by atoms with Crippen LogP contribution in [0, 0.1) is 0 Å². The molecular formula is C16H27F2NO2. The highest BCUT2D eigenvalue weighted by molar-refractivity contribution is 5.77. The van der Waals surface area contributed by atoms with E-state index in [0.29, 0.717) is 0 Å². The Hall–Kier alpha value is -1.49. The van der Waals surface area contributed by atoms with Crippen molar-refractivity contribution in [2.75, 3.05) is 13.2 Å². The number of hydrogen-bond acceptors (Lipinski definition) is 3. The lowest BCUT2D eigenvalue weighted by molar-refractivity contribution is -0.170. The van der Waals surface area contributed by atoms with Crippen LogP contribution in [0.25, 0.3) is 0 Å². The van der Waals surface area contributed by atoms with Crippen LogP contribution < -0.4 is 5.32 Å². The van der Waals surface area contributed by atoms with Crippen molar-refractivity contribution in [2.45, 2.75) is 47.1 Å². The molecule has 0 bridgehead atoms. The first-order chi connectivity index (χ1) is 10.1. The molecule has 122 valence electrons. The average molecular weight is 303 g/mol. The summed E-state index contributed by atoms with van der Waals surface area (Å²) in [6.45, 7) is 9.01. The normalized spacial score (nSPS) is 9.67. The standard InChI is InChI=1S/C12H15F2NO2.2C2H6/c1-2-17-11(16)12(13,14)9-15-8-10-6-4-3-5-7-10;2*1-2/h3-7,15H,2,8-9H2,1H3;2*1-2H3. The van der Waals surface area contributed by atoms with Gasteiger partial charge in [0.25, 0.3) is 0 Å². The van der Waals surface area contributed by atoms with E-state index in [1.165, 1.54) is 6.92 Å². The highest BCUT2D eigenvalue weighted by atomic mass is 19.3. The molecular weight excluding hydrogens is 276 g/mol. The number of halogens is 2. The predicted molar refractivity (Wildman–Crippen MR) is 82.4 cm³/mol. The fourth-order valence-corrected chi connectivity index (χ4v) is 1.27. The highest BCUT2D eigenvalue weighted by Crippen LogP contribution is 2.14. The van der Waals surface area contributed by atoms with Crippen LogP contribution in [0.1, 0.15) is 40.2 Å². The van der Waals surface area contributed by atoms with E-state index < -0.39 is 18.4 Å². The van der Waals surface area contributed by atoms with Gasteiger partial charge in [-0.3, -0.25) is 0 Å². The summed E-state index contributed by atoms with van der Waals surface area (Å²) >= 11 is 0. The zero-order valence-electron chi connectivity index (χ0n) is 13.6. The molecule has 1 rings (SSSR count). The Bertz CT molecular complexity index is 357. The quantitative estimate of drug-likeness (QED) is 0.806. The first-order valence-corrected chi connectivity index (χ1v) is 7.36. The van der Waals surface area contributed by atoms with Gasteiger partial charge < -0.3 is 10.1 Å². The topological polar surface area (TPSA) is 38.3 Å². The van der Waals surface area contributed by atoms with E-state index in [0.717, 1.165) is 5.56 Å². The number of ether oxygens (including phenoxy) is 1. The first-order valence-electron chi connectivity index (χ1n) is 7.36. The van der Waals surface area contributed by atoms with Gasteiger partial charge in [0.1, 0.15) is 0 Å². The van der Waals surface area contributed by atoms with Crippen molar-refractivity contribution in [2.24, 2.45) is 0 Å². The van der Waals surface area contributed by atoms with Gasteiger partial charge in [0.05, 0.1) is 13.2 Å². The molecule has 0 aromatic heterocycles. The van der Waals surface area contributed by atoms with Gasteiger partial charge >= 0.3 is 11.9 Å². The van der Waals surface area contributed by atoms with Gasteiger partial charge in [-0.25, -0.2) is 4.79 Å². The van der Waals surface area contributed by atoms with E-state index in [2.05, 4.69) is 10.1 Å². The Labute approximate surface area is 126 Å². The summed E-state index contributed by atoms with van der Waals surface area (Å²) in [5.74, 6) is -4.97. The van der Waals surface area contributed by atoms with E-state index in [9.17, 15) is 13.6 Å². The third kappa shape index (κ3) is 9.96. The SMILES string of the molecule is CC.CC.CCOC(=O)C(F)(F)CNCc1ccccc1. The van der Waals surface area contributed by atoms with E-state index in [-0.39, 0.29) is 13.2 Å². The second-order valence-corrected chi connectivity index (χ2v) is 3.51. The van der Waals surface area contributed by atoms with Crippen LogP contribution in [-0.4, -0.2) is 25.0 Å². The zero-order valence-corrected chi connectivity index (χ0v) is 13.6. The summed E-state index contributed by atoms with van der Waals surface area (Å²) < 4.78 is 30.6. The third-order valence-electron chi connectivity index (χ3n) is 2.09. The van der Waals surface area contributed by atoms with Crippen molar-refractivity contribution in [3.8, 4) is 0 Å². The van der Waals surface area contributed by atoms with Gasteiger partial charge in [0.2, 0.25) is 0 Å². The minimum atomic E-state index is -3.48. The molecule has 0 aliphatic carbocycles. The maximum Gasteiger partial charge on any atom is 0.378 e. The Kier molecular flexibility index (Phi) is 14.0. The van der Waals surface area contributed by atoms with E-state index in [4.69, 9.17) is 0 Å². The fraction of sp³-hybridized carbons (Fsp3) is 0.562. The lowest BCUT2D eigenvalue weighted by Crippen LogP contribution is -2.40. The molecule has 3 nitrogen and oxygen atoms in total. The Morgan fingerprint density at radius 3 is 2.14 bits per heavy atom.